The van der Waals surface area contributed by atoms with Gasteiger partial charge in [-0.25, -0.2) is 9.78 Å². The minimum atomic E-state index is -1.10. The maximum atomic E-state index is 13.4. The van der Waals surface area contributed by atoms with Gasteiger partial charge in [0.1, 0.15) is 11.5 Å². The number of methoxy groups -OCH3 is 1. The number of aryl methyl sites for hydroxylation is 1. The van der Waals surface area contributed by atoms with Crippen molar-refractivity contribution in [3.05, 3.63) is 87.7 Å². The van der Waals surface area contributed by atoms with Gasteiger partial charge < -0.3 is 14.9 Å². The largest absolute Gasteiger partial charge is 0.507 e. The molecule has 1 atom stereocenters. The van der Waals surface area contributed by atoms with Crippen molar-refractivity contribution in [2.75, 3.05) is 12.0 Å². The van der Waals surface area contributed by atoms with Gasteiger partial charge in [0.05, 0.1) is 45.1 Å². The molecule has 2 N–H and O–H groups in total. The number of benzene rings is 2. The zero-order valence-electron chi connectivity index (χ0n) is 19.4. The number of carboxylic acid groups (broad SMARTS) is 1. The Balaban J connectivity index is 1.75. The number of aromatic carboxylic acids is 1. The number of rotatable bonds is 5. The van der Waals surface area contributed by atoms with Crippen molar-refractivity contribution in [1.29, 1.82) is 0 Å². The van der Waals surface area contributed by atoms with E-state index in [9.17, 15) is 24.6 Å². The molecule has 0 spiro atoms. The first-order valence-corrected chi connectivity index (χ1v) is 12.1. The fourth-order valence-corrected chi connectivity index (χ4v) is 5.67. The molecule has 186 valence electrons. The van der Waals surface area contributed by atoms with E-state index in [4.69, 9.17) is 16.3 Å². The Morgan fingerprint density at radius 1 is 1.16 bits per heavy atom. The Bertz CT molecular complexity index is 1630. The number of pyridine rings is 1. The highest BCUT2D eigenvalue weighted by molar-refractivity contribution is 7.22. The van der Waals surface area contributed by atoms with Crippen molar-refractivity contribution in [2.24, 2.45) is 0 Å². The van der Waals surface area contributed by atoms with Crippen LogP contribution in [0.5, 0.6) is 5.75 Å². The quantitative estimate of drug-likeness (QED) is 0.208. The molecule has 1 saturated heterocycles. The number of carbonyl (C=O) groups excluding carboxylic acids is 2. The highest BCUT2D eigenvalue weighted by atomic mass is 35.5. The molecule has 2 aromatic carbocycles. The number of aliphatic hydroxyl groups is 1. The lowest BCUT2D eigenvalue weighted by Gasteiger charge is -2.23. The second-order valence-electron chi connectivity index (χ2n) is 8.27. The van der Waals surface area contributed by atoms with Crippen LogP contribution in [0.15, 0.2) is 60.4 Å². The molecular weight excluding hydrogens is 518 g/mol. The molecule has 0 aliphatic carbocycles. The molecular formula is C26H18ClN3O6S. The molecule has 0 radical (unpaired) electrons. The minimum Gasteiger partial charge on any atom is -0.507 e. The molecule has 1 aliphatic heterocycles. The maximum absolute atomic E-state index is 13.4. The van der Waals surface area contributed by atoms with Gasteiger partial charge in [0.2, 0.25) is 0 Å². The Morgan fingerprint density at radius 3 is 2.62 bits per heavy atom. The van der Waals surface area contributed by atoms with Crippen LogP contribution in [0, 0.1) is 6.92 Å². The van der Waals surface area contributed by atoms with E-state index >= 15 is 0 Å². The van der Waals surface area contributed by atoms with Crippen LogP contribution in [0.2, 0.25) is 5.02 Å². The first kappa shape index (κ1) is 24.4. The number of anilines is 1. The zero-order valence-corrected chi connectivity index (χ0v) is 21.0. The molecule has 3 heterocycles. The summed E-state index contributed by atoms with van der Waals surface area (Å²) in [6, 6.07) is 9.94. The number of fused-ring (bicyclic) bond motifs is 1. The molecule has 1 amide bonds. The Kier molecular flexibility index (Phi) is 6.14. The Hall–Kier alpha value is -4.28. The number of aliphatic hydroxyl groups excluding tert-OH is 1. The van der Waals surface area contributed by atoms with Gasteiger partial charge in [0, 0.05) is 12.4 Å². The monoisotopic (exact) mass is 535 g/mol. The van der Waals surface area contributed by atoms with Gasteiger partial charge in [-0.15, -0.1) is 0 Å². The summed E-state index contributed by atoms with van der Waals surface area (Å²) >= 11 is 7.39. The van der Waals surface area contributed by atoms with Gasteiger partial charge in [-0.05, 0) is 54.4 Å². The number of nitrogens with zero attached hydrogens (tertiary/aromatic N) is 3. The lowest BCUT2D eigenvalue weighted by Crippen LogP contribution is -2.29. The summed E-state index contributed by atoms with van der Waals surface area (Å²) in [4.78, 5) is 48.0. The normalized spacial score (nSPS) is 16.9. The number of ketones is 1. The van der Waals surface area contributed by atoms with Crippen molar-refractivity contribution >= 4 is 61.7 Å². The number of carbonyl (C=O) groups is 3. The van der Waals surface area contributed by atoms with Crippen molar-refractivity contribution < 1.29 is 29.3 Å². The lowest BCUT2D eigenvalue weighted by atomic mass is 9.95. The average molecular weight is 536 g/mol. The summed E-state index contributed by atoms with van der Waals surface area (Å²) in [7, 11) is 1.39. The predicted octanol–water partition coefficient (Wildman–Crippen LogP) is 4.99. The van der Waals surface area contributed by atoms with Crippen LogP contribution in [-0.4, -0.2) is 45.0 Å². The Morgan fingerprint density at radius 2 is 1.95 bits per heavy atom. The van der Waals surface area contributed by atoms with Crippen LogP contribution >= 0.6 is 22.9 Å². The number of thiazole rings is 1. The smallest absolute Gasteiger partial charge is 0.335 e. The first-order chi connectivity index (χ1) is 17.7. The molecule has 1 unspecified atom stereocenters. The SMILES string of the molecule is COc1c(Cl)cc(C)cc1/C(O)=C1\C(=O)C(=O)N(c2nc3ccc(C(=O)O)cc3s2)C1c1cccnc1. The van der Waals surface area contributed by atoms with Crippen LogP contribution in [0.3, 0.4) is 0 Å². The topological polar surface area (TPSA) is 130 Å². The van der Waals surface area contributed by atoms with Gasteiger partial charge in [0.25, 0.3) is 5.78 Å². The van der Waals surface area contributed by atoms with E-state index in [2.05, 4.69) is 9.97 Å². The molecule has 0 bridgehead atoms. The third kappa shape index (κ3) is 4.09. The molecule has 11 heteroatoms. The van der Waals surface area contributed by atoms with E-state index in [-0.39, 0.29) is 32.6 Å². The van der Waals surface area contributed by atoms with E-state index in [1.807, 2.05) is 0 Å². The number of hydrogen-bond donors (Lipinski definition) is 2. The zero-order chi connectivity index (χ0) is 26.4. The van der Waals surface area contributed by atoms with Crippen LogP contribution in [0.1, 0.15) is 33.1 Å². The van der Waals surface area contributed by atoms with E-state index < -0.39 is 29.5 Å². The minimum absolute atomic E-state index is 0.0667. The molecule has 0 saturated carbocycles. The van der Waals surface area contributed by atoms with Crippen LogP contribution in [-0.2, 0) is 9.59 Å². The van der Waals surface area contributed by atoms with Crippen molar-refractivity contribution in [1.82, 2.24) is 9.97 Å². The first-order valence-electron chi connectivity index (χ1n) is 10.9. The third-order valence-corrected chi connectivity index (χ3v) is 7.22. The summed E-state index contributed by atoms with van der Waals surface area (Å²) in [6.07, 6.45) is 3.04. The third-order valence-electron chi connectivity index (χ3n) is 5.92. The number of ether oxygens (including phenoxy) is 1. The molecule has 9 nitrogen and oxygen atoms in total. The van der Waals surface area contributed by atoms with Gasteiger partial charge in [-0.3, -0.25) is 19.5 Å². The fraction of sp³-hybridized carbons (Fsp3) is 0.115. The summed E-state index contributed by atoms with van der Waals surface area (Å²) in [5.74, 6) is -3.21. The van der Waals surface area contributed by atoms with E-state index in [0.717, 1.165) is 11.3 Å². The van der Waals surface area contributed by atoms with Crippen molar-refractivity contribution in [3.63, 3.8) is 0 Å². The fourth-order valence-electron chi connectivity index (χ4n) is 4.29. The number of halogens is 1. The Labute approximate surface area is 219 Å². The van der Waals surface area contributed by atoms with E-state index in [1.54, 1.807) is 37.4 Å². The summed E-state index contributed by atoms with van der Waals surface area (Å²) < 4.78 is 5.91. The lowest BCUT2D eigenvalue weighted by molar-refractivity contribution is -0.132. The highest BCUT2D eigenvalue weighted by Crippen LogP contribution is 2.46. The van der Waals surface area contributed by atoms with Gasteiger partial charge in [-0.1, -0.05) is 29.0 Å². The number of hydrogen-bond acceptors (Lipinski definition) is 8. The van der Waals surface area contributed by atoms with Crippen LogP contribution < -0.4 is 9.64 Å². The molecule has 1 fully saturated rings. The van der Waals surface area contributed by atoms with Crippen LogP contribution in [0.25, 0.3) is 16.0 Å². The number of carboxylic acids is 1. The number of Topliss-reactive ketones (excluding diaryl/α,β-unsaturated/α-hetero) is 1. The number of aromatic nitrogens is 2. The summed E-state index contributed by atoms with van der Waals surface area (Å²) in [5.41, 5.74) is 1.69. The van der Waals surface area contributed by atoms with E-state index in [0.29, 0.717) is 21.3 Å². The van der Waals surface area contributed by atoms with Crippen molar-refractivity contribution in [2.45, 2.75) is 13.0 Å². The van der Waals surface area contributed by atoms with Crippen molar-refractivity contribution in [3.8, 4) is 5.75 Å². The van der Waals surface area contributed by atoms with Gasteiger partial charge in [-0.2, -0.15) is 0 Å². The predicted molar refractivity (Wildman–Crippen MR) is 138 cm³/mol. The second-order valence-corrected chi connectivity index (χ2v) is 9.68. The van der Waals surface area contributed by atoms with Crippen LogP contribution in [0.4, 0.5) is 5.13 Å². The second kappa shape index (κ2) is 9.30. The summed E-state index contributed by atoms with van der Waals surface area (Å²) in [6.45, 7) is 1.77. The standard InChI is InChI=1S/C26H18ClN3O6S/c1-12-8-15(23(36-2)16(27)9-12)21(31)19-20(14-4-3-7-28-11-14)30(24(33)22(19)32)26-29-17-6-5-13(25(34)35)10-18(17)37-26/h3-11,20,31H,1-2H3,(H,34,35)/b21-19+. The highest BCUT2D eigenvalue weighted by Gasteiger charge is 2.48. The molecule has 2 aromatic heterocycles. The summed E-state index contributed by atoms with van der Waals surface area (Å²) in [5, 5.41) is 21.2. The number of amides is 1. The van der Waals surface area contributed by atoms with Gasteiger partial charge in [0.15, 0.2) is 5.13 Å². The molecule has 4 aromatic rings. The molecule has 1 aliphatic rings. The van der Waals surface area contributed by atoms with E-state index in [1.165, 1.54) is 36.4 Å². The maximum Gasteiger partial charge on any atom is 0.335 e. The molecule has 5 rings (SSSR count). The molecule has 37 heavy (non-hydrogen) atoms. The average Bonchev–Trinajstić information content (AvgIpc) is 3.41. The van der Waals surface area contributed by atoms with Gasteiger partial charge >= 0.3 is 11.9 Å².